The Balaban J connectivity index is 2.50. The molecule has 0 aliphatic carbocycles. The lowest BCUT2D eigenvalue weighted by Gasteiger charge is -2.40. The number of hydrogen-bond acceptors (Lipinski definition) is 1. The monoisotopic (exact) mass is 317 g/mol. The van der Waals surface area contributed by atoms with Crippen molar-refractivity contribution < 1.29 is 0 Å². The molecule has 0 unspecified atom stereocenters. The normalized spacial score (nSPS) is 19.3. The molecule has 0 radical (unpaired) electrons. The zero-order chi connectivity index (χ0) is 13.4. The Morgan fingerprint density at radius 2 is 1.61 bits per heavy atom. The molecule has 0 aromatic heterocycles. The van der Waals surface area contributed by atoms with Crippen LogP contribution in [0.15, 0.2) is 0 Å². The molecule has 1 saturated heterocycles. The van der Waals surface area contributed by atoms with Gasteiger partial charge in [-0.2, -0.15) is 0 Å². The Kier molecular flexibility index (Phi) is 7.86. The first-order valence-corrected chi connectivity index (χ1v) is 9.10. The van der Waals surface area contributed by atoms with E-state index in [-0.39, 0.29) is 0 Å². The van der Waals surface area contributed by atoms with Gasteiger partial charge in [0.25, 0.3) is 0 Å². The molecule has 1 heterocycles. The third-order valence-electron chi connectivity index (χ3n) is 4.69. The van der Waals surface area contributed by atoms with Crippen LogP contribution >= 0.6 is 15.9 Å². The van der Waals surface area contributed by atoms with Crippen molar-refractivity contribution in [1.29, 1.82) is 0 Å². The highest BCUT2D eigenvalue weighted by Gasteiger charge is 2.31. The molecule has 0 amide bonds. The summed E-state index contributed by atoms with van der Waals surface area (Å²) >= 11 is 3.80. The van der Waals surface area contributed by atoms with Gasteiger partial charge in [-0.3, -0.25) is 0 Å². The summed E-state index contributed by atoms with van der Waals surface area (Å²) in [6.45, 7) is 11.0. The lowest BCUT2D eigenvalue weighted by atomic mass is 9.80. The smallest absolute Gasteiger partial charge is 0.0100 e. The van der Waals surface area contributed by atoms with Crippen molar-refractivity contribution >= 4 is 15.9 Å². The van der Waals surface area contributed by atoms with Crippen LogP contribution in [0.1, 0.15) is 65.7 Å². The topological polar surface area (TPSA) is 3.24 Å². The van der Waals surface area contributed by atoms with Crippen LogP contribution in [0.2, 0.25) is 0 Å². The van der Waals surface area contributed by atoms with Gasteiger partial charge in [0.05, 0.1) is 0 Å². The van der Waals surface area contributed by atoms with Gasteiger partial charge < -0.3 is 4.90 Å². The summed E-state index contributed by atoms with van der Waals surface area (Å²) in [6, 6.07) is 0. The Labute approximate surface area is 123 Å². The van der Waals surface area contributed by atoms with E-state index in [0.717, 1.165) is 5.92 Å². The molecule has 0 spiro atoms. The van der Waals surface area contributed by atoms with E-state index in [4.69, 9.17) is 0 Å². The Morgan fingerprint density at radius 3 is 2.00 bits per heavy atom. The number of piperidine rings is 1. The number of rotatable bonds is 8. The molecular weight excluding hydrogens is 286 g/mol. The molecule has 108 valence electrons. The third-order valence-corrected chi connectivity index (χ3v) is 5.88. The molecule has 1 rings (SSSR count). The fourth-order valence-electron chi connectivity index (χ4n) is 3.55. The Morgan fingerprint density at radius 1 is 1.06 bits per heavy atom. The number of alkyl halides is 1. The van der Waals surface area contributed by atoms with Crippen molar-refractivity contribution in [3.8, 4) is 0 Å². The van der Waals surface area contributed by atoms with Crippen molar-refractivity contribution in [3.05, 3.63) is 0 Å². The van der Waals surface area contributed by atoms with E-state index in [2.05, 4.69) is 41.6 Å². The summed E-state index contributed by atoms with van der Waals surface area (Å²) in [5, 5.41) is 1.18. The Hall–Kier alpha value is 0.440. The zero-order valence-electron chi connectivity index (χ0n) is 12.7. The second-order valence-electron chi connectivity index (χ2n) is 6.26. The third kappa shape index (κ3) is 4.85. The molecular formula is C16H32BrN. The minimum atomic E-state index is 0.530. The largest absolute Gasteiger partial charge is 0.303 e. The van der Waals surface area contributed by atoms with Crippen molar-refractivity contribution in [2.45, 2.75) is 65.7 Å². The standard InChI is InChI=1S/C16H32BrN/c1-4-9-16(13-17,10-5-2)14-18-11-7-15(6-3)8-12-18/h15H,4-14H2,1-3H3. The van der Waals surface area contributed by atoms with Crippen molar-refractivity contribution in [2.75, 3.05) is 25.0 Å². The predicted molar refractivity (Wildman–Crippen MR) is 85.5 cm³/mol. The SMILES string of the molecule is CCCC(CBr)(CCC)CN1CCC(CC)CC1. The number of hydrogen-bond donors (Lipinski definition) is 0. The molecule has 18 heavy (non-hydrogen) atoms. The van der Waals surface area contributed by atoms with Crippen LogP contribution in [0.5, 0.6) is 0 Å². The maximum atomic E-state index is 3.80. The van der Waals surface area contributed by atoms with E-state index in [1.165, 1.54) is 69.9 Å². The number of likely N-dealkylation sites (tertiary alicyclic amines) is 1. The van der Waals surface area contributed by atoms with Crippen molar-refractivity contribution in [1.82, 2.24) is 4.90 Å². The lowest BCUT2D eigenvalue weighted by Crippen LogP contribution is -2.43. The molecule has 0 atom stereocenters. The summed E-state index contributed by atoms with van der Waals surface area (Å²) < 4.78 is 0. The summed E-state index contributed by atoms with van der Waals surface area (Å²) in [7, 11) is 0. The molecule has 1 nitrogen and oxygen atoms in total. The van der Waals surface area contributed by atoms with Crippen LogP contribution in [0.25, 0.3) is 0 Å². The van der Waals surface area contributed by atoms with Crippen LogP contribution < -0.4 is 0 Å². The maximum absolute atomic E-state index is 3.80. The van der Waals surface area contributed by atoms with Gasteiger partial charge in [-0.05, 0) is 50.1 Å². The quantitative estimate of drug-likeness (QED) is 0.563. The molecule has 0 bridgehead atoms. The van der Waals surface area contributed by atoms with Crippen molar-refractivity contribution in [3.63, 3.8) is 0 Å². The highest BCUT2D eigenvalue weighted by atomic mass is 79.9. The van der Waals surface area contributed by atoms with Gasteiger partial charge in [0.15, 0.2) is 0 Å². The van der Waals surface area contributed by atoms with Gasteiger partial charge in [0.1, 0.15) is 0 Å². The molecule has 0 N–H and O–H groups in total. The average Bonchev–Trinajstić information content (AvgIpc) is 2.40. The minimum absolute atomic E-state index is 0.530. The van der Waals surface area contributed by atoms with E-state index in [1.807, 2.05) is 0 Å². The van der Waals surface area contributed by atoms with E-state index in [9.17, 15) is 0 Å². The number of halogens is 1. The first kappa shape index (κ1) is 16.5. The molecule has 1 aliphatic heterocycles. The average molecular weight is 318 g/mol. The van der Waals surface area contributed by atoms with Crippen LogP contribution in [-0.2, 0) is 0 Å². The maximum Gasteiger partial charge on any atom is 0.0100 e. The molecule has 0 saturated carbocycles. The highest BCUT2D eigenvalue weighted by molar-refractivity contribution is 9.09. The van der Waals surface area contributed by atoms with E-state index >= 15 is 0 Å². The van der Waals surface area contributed by atoms with Gasteiger partial charge in [-0.15, -0.1) is 0 Å². The van der Waals surface area contributed by atoms with Gasteiger partial charge in [0, 0.05) is 11.9 Å². The fraction of sp³-hybridized carbons (Fsp3) is 1.00. The second kappa shape index (κ2) is 8.58. The lowest BCUT2D eigenvalue weighted by molar-refractivity contribution is 0.108. The van der Waals surface area contributed by atoms with Crippen LogP contribution in [0, 0.1) is 11.3 Å². The Bertz CT molecular complexity index is 203. The van der Waals surface area contributed by atoms with Gasteiger partial charge in [0.2, 0.25) is 0 Å². The molecule has 1 fully saturated rings. The molecule has 0 aromatic carbocycles. The predicted octanol–water partition coefficient (Wildman–Crippen LogP) is 5.09. The highest BCUT2D eigenvalue weighted by Crippen LogP contribution is 2.34. The van der Waals surface area contributed by atoms with Gasteiger partial charge >= 0.3 is 0 Å². The van der Waals surface area contributed by atoms with E-state index < -0.39 is 0 Å². The van der Waals surface area contributed by atoms with Crippen LogP contribution in [0.3, 0.4) is 0 Å². The summed E-state index contributed by atoms with van der Waals surface area (Å²) in [6.07, 6.45) is 9.61. The van der Waals surface area contributed by atoms with Crippen LogP contribution in [0.4, 0.5) is 0 Å². The molecule has 1 aliphatic rings. The minimum Gasteiger partial charge on any atom is -0.303 e. The van der Waals surface area contributed by atoms with Gasteiger partial charge in [-0.25, -0.2) is 0 Å². The summed E-state index contributed by atoms with van der Waals surface area (Å²) in [4.78, 5) is 2.73. The fourth-order valence-corrected chi connectivity index (χ4v) is 4.28. The van der Waals surface area contributed by atoms with E-state index in [0.29, 0.717) is 5.41 Å². The summed E-state index contributed by atoms with van der Waals surface area (Å²) in [5.74, 6) is 0.997. The first-order valence-electron chi connectivity index (χ1n) is 7.98. The van der Waals surface area contributed by atoms with Gasteiger partial charge in [-0.1, -0.05) is 56.0 Å². The van der Waals surface area contributed by atoms with E-state index in [1.54, 1.807) is 0 Å². The molecule has 2 heteroatoms. The van der Waals surface area contributed by atoms with Crippen molar-refractivity contribution in [2.24, 2.45) is 11.3 Å². The van der Waals surface area contributed by atoms with Crippen LogP contribution in [-0.4, -0.2) is 29.9 Å². The summed E-state index contributed by atoms with van der Waals surface area (Å²) in [5.41, 5.74) is 0.530. The second-order valence-corrected chi connectivity index (χ2v) is 6.82. The molecule has 0 aromatic rings. The number of nitrogens with zero attached hydrogens (tertiary/aromatic N) is 1. The first-order chi connectivity index (χ1) is 8.69. The zero-order valence-corrected chi connectivity index (χ0v) is 14.3.